The lowest BCUT2D eigenvalue weighted by Gasteiger charge is -2.16. The minimum Gasteiger partial charge on any atom is -0.309 e. The maximum atomic E-state index is 13.9. The topological polar surface area (TPSA) is 43.6 Å². The second kappa shape index (κ2) is 15.2. The van der Waals surface area contributed by atoms with Crippen LogP contribution in [-0.2, 0) is 6.18 Å². The van der Waals surface area contributed by atoms with Gasteiger partial charge in [0.1, 0.15) is 0 Å². The third-order valence-corrected chi connectivity index (χ3v) is 11.2. The number of alkyl halides is 3. The van der Waals surface area contributed by atoms with Crippen LogP contribution < -0.4 is 0 Å². The van der Waals surface area contributed by atoms with Crippen LogP contribution >= 0.6 is 0 Å². The van der Waals surface area contributed by atoms with Crippen molar-refractivity contribution in [1.29, 1.82) is 0 Å². The van der Waals surface area contributed by atoms with Crippen molar-refractivity contribution in [2.24, 2.45) is 0 Å². The predicted octanol–water partition coefficient (Wildman–Crippen LogP) is 14.6. The molecule has 0 atom stereocenters. The van der Waals surface area contributed by atoms with E-state index in [9.17, 15) is 13.2 Å². The summed E-state index contributed by atoms with van der Waals surface area (Å²) in [6.07, 6.45) is -4.49. The van der Waals surface area contributed by atoms with Gasteiger partial charge in [0.2, 0.25) is 0 Å². The number of rotatable bonds is 7. The number of aromatic nitrogens is 4. The van der Waals surface area contributed by atoms with Crippen molar-refractivity contribution in [3.05, 3.63) is 205 Å². The monoisotopic (exact) mass is 798 g/mol. The van der Waals surface area contributed by atoms with Crippen molar-refractivity contribution in [3.8, 4) is 73.2 Å². The van der Waals surface area contributed by atoms with Crippen LogP contribution in [0.1, 0.15) is 16.7 Å². The lowest BCUT2D eigenvalue weighted by molar-refractivity contribution is -0.137. The molecule has 0 saturated heterocycles. The maximum absolute atomic E-state index is 13.9. The SMILES string of the molecule is Cc1cccc(-c2ccc3c4ccc(-c5cccc(C)c5)cc4n(-c4ccc(-c5nc(-c6ccccc6)nc(-c6ccccc6)n5)c(-c5ccc(C(F)(F)F)cc5)c4)c3c2)c1. The van der Waals surface area contributed by atoms with Crippen molar-refractivity contribution in [3.63, 3.8) is 0 Å². The zero-order valence-electron chi connectivity index (χ0n) is 33.3. The van der Waals surface area contributed by atoms with Gasteiger partial charge < -0.3 is 4.57 Å². The Labute approximate surface area is 351 Å². The molecular formula is C54H37F3N4. The summed E-state index contributed by atoms with van der Waals surface area (Å²) >= 11 is 0. The van der Waals surface area contributed by atoms with Crippen LogP contribution in [0.2, 0.25) is 0 Å². The number of halogens is 3. The first-order valence-electron chi connectivity index (χ1n) is 20.1. The normalized spacial score (nSPS) is 11.7. The van der Waals surface area contributed by atoms with Crippen molar-refractivity contribution >= 4 is 21.8 Å². The Hall–Kier alpha value is -7.64. The number of fused-ring (bicyclic) bond motifs is 3. The van der Waals surface area contributed by atoms with E-state index in [1.807, 2.05) is 72.8 Å². The minimum absolute atomic E-state index is 0.403. The molecule has 7 heteroatoms. The highest BCUT2D eigenvalue weighted by Gasteiger charge is 2.30. The van der Waals surface area contributed by atoms with E-state index >= 15 is 0 Å². The Morgan fingerprint density at radius 2 is 0.836 bits per heavy atom. The van der Waals surface area contributed by atoms with E-state index in [1.165, 1.54) is 23.3 Å². The average molecular weight is 799 g/mol. The number of hydrogen-bond acceptors (Lipinski definition) is 3. The first kappa shape index (κ1) is 37.6. The van der Waals surface area contributed by atoms with Gasteiger partial charge in [-0.1, -0.05) is 157 Å². The van der Waals surface area contributed by atoms with Crippen molar-refractivity contribution in [2.45, 2.75) is 20.0 Å². The molecule has 10 rings (SSSR count). The largest absolute Gasteiger partial charge is 0.416 e. The van der Waals surface area contributed by atoms with Crippen molar-refractivity contribution in [1.82, 2.24) is 19.5 Å². The van der Waals surface area contributed by atoms with Gasteiger partial charge in [-0.2, -0.15) is 13.2 Å². The summed E-state index contributed by atoms with van der Waals surface area (Å²) in [5, 5.41) is 2.17. The van der Waals surface area contributed by atoms with Crippen LogP contribution in [0, 0.1) is 13.8 Å². The van der Waals surface area contributed by atoms with E-state index < -0.39 is 11.7 Å². The molecule has 10 aromatic rings. The fraction of sp³-hybridized carbons (Fsp3) is 0.0556. The van der Waals surface area contributed by atoms with E-state index in [2.05, 4.69) is 109 Å². The molecule has 2 heterocycles. The molecule has 0 N–H and O–H groups in total. The standard InChI is InChI=1S/C54H37F3N4/c1-34-11-9-17-39(29-34)41-21-26-45-46-27-22-42(40-18-10-12-35(2)30-40)32-50(46)61(49(45)31-41)44-25-28-47(48(33-44)36-19-23-43(24-20-36)54(55,56)57)53-59-51(37-13-5-3-6-14-37)58-52(60-53)38-15-7-4-8-16-38/h3-33H,1-2H3. The zero-order chi connectivity index (χ0) is 41.7. The molecule has 0 saturated carbocycles. The molecule has 0 spiro atoms. The lowest BCUT2D eigenvalue weighted by Crippen LogP contribution is -2.04. The quantitative estimate of drug-likeness (QED) is 0.161. The van der Waals surface area contributed by atoms with E-state index in [4.69, 9.17) is 15.0 Å². The summed E-state index contributed by atoms with van der Waals surface area (Å²) in [6.45, 7) is 4.18. The smallest absolute Gasteiger partial charge is 0.309 e. The summed E-state index contributed by atoms with van der Waals surface area (Å²) < 4.78 is 44.1. The molecule has 61 heavy (non-hydrogen) atoms. The molecule has 0 aliphatic rings. The van der Waals surface area contributed by atoms with E-state index in [1.54, 1.807) is 0 Å². The van der Waals surface area contributed by atoms with Crippen molar-refractivity contribution in [2.75, 3.05) is 0 Å². The Morgan fingerprint density at radius 3 is 1.33 bits per heavy atom. The summed E-state index contributed by atoms with van der Waals surface area (Å²) in [6, 6.07) is 60.9. The van der Waals surface area contributed by atoms with E-state index in [-0.39, 0.29) is 0 Å². The first-order chi connectivity index (χ1) is 29.7. The van der Waals surface area contributed by atoms with Gasteiger partial charge >= 0.3 is 6.18 Å². The summed E-state index contributed by atoms with van der Waals surface area (Å²) in [7, 11) is 0. The highest BCUT2D eigenvalue weighted by molar-refractivity contribution is 6.11. The number of aryl methyl sites for hydroxylation is 2. The van der Waals surface area contributed by atoms with Gasteiger partial charge in [-0.3, -0.25) is 0 Å². The van der Waals surface area contributed by atoms with Crippen LogP contribution in [0.5, 0.6) is 0 Å². The highest BCUT2D eigenvalue weighted by atomic mass is 19.4. The van der Waals surface area contributed by atoms with Gasteiger partial charge in [0.05, 0.1) is 16.6 Å². The van der Waals surface area contributed by atoms with Crippen LogP contribution in [0.15, 0.2) is 188 Å². The fourth-order valence-corrected chi connectivity index (χ4v) is 8.18. The van der Waals surface area contributed by atoms with Gasteiger partial charge in [0.15, 0.2) is 17.5 Å². The third kappa shape index (κ3) is 7.25. The van der Waals surface area contributed by atoms with Crippen molar-refractivity contribution < 1.29 is 13.2 Å². The highest BCUT2D eigenvalue weighted by Crippen LogP contribution is 2.41. The van der Waals surface area contributed by atoms with E-state index in [0.29, 0.717) is 34.2 Å². The van der Waals surface area contributed by atoms with Crippen LogP contribution in [0.4, 0.5) is 13.2 Å². The summed E-state index contributed by atoms with van der Waals surface area (Å²) in [5.41, 5.74) is 12.4. The molecule has 8 aromatic carbocycles. The Morgan fingerprint density at radius 1 is 0.377 bits per heavy atom. The lowest BCUT2D eigenvalue weighted by atomic mass is 9.97. The van der Waals surface area contributed by atoms with E-state index in [0.717, 1.165) is 73.0 Å². The molecule has 294 valence electrons. The molecule has 0 aliphatic heterocycles. The number of nitrogens with zero attached hydrogens (tertiary/aromatic N) is 4. The maximum Gasteiger partial charge on any atom is 0.416 e. The first-order valence-corrected chi connectivity index (χ1v) is 20.1. The summed E-state index contributed by atoms with van der Waals surface area (Å²) in [4.78, 5) is 15.0. The molecule has 0 aliphatic carbocycles. The molecule has 4 nitrogen and oxygen atoms in total. The molecule has 0 bridgehead atoms. The van der Waals surface area contributed by atoms with Gasteiger partial charge in [-0.05, 0) is 89.7 Å². The summed E-state index contributed by atoms with van der Waals surface area (Å²) in [5.74, 6) is 1.38. The van der Waals surface area contributed by atoms with Gasteiger partial charge in [-0.15, -0.1) is 0 Å². The van der Waals surface area contributed by atoms with Crippen LogP contribution in [0.25, 0.3) is 95.0 Å². The molecule has 0 radical (unpaired) electrons. The number of hydrogen-bond donors (Lipinski definition) is 0. The van der Waals surface area contributed by atoms with Gasteiger partial charge in [0.25, 0.3) is 0 Å². The minimum atomic E-state index is -4.49. The molecule has 0 amide bonds. The molecule has 2 aromatic heterocycles. The fourth-order valence-electron chi connectivity index (χ4n) is 8.18. The molecular weight excluding hydrogens is 762 g/mol. The predicted molar refractivity (Wildman–Crippen MR) is 241 cm³/mol. The average Bonchev–Trinajstić information content (AvgIpc) is 3.62. The second-order valence-corrected chi connectivity index (χ2v) is 15.4. The second-order valence-electron chi connectivity index (χ2n) is 15.4. The van der Waals surface area contributed by atoms with Gasteiger partial charge in [-0.25, -0.2) is 15.0 Å². The Balaban J connectivity index is 1.25. The Bertz CT molecular complexity index is 3080. The van der Waals surface area contributed by atoms with Gasteiger partial charge in [0, 0.05) is 33.2 Å². The Kier molecular flexibility index (Phi) is 9.37. The molecule has 0 unspecified atom stereocenters. The number of benzene rings is 8. The third-order valence-electron chi connectivity index (χ3n) is 11.2. The molecule has 0 fully saturated rings. The van der Waals surface area contributed by atoms with Crippen LogP contribution in [-0.4, -0.2) is 19.5 Å². The zero-order valence-corrected chi connectivity index (χ0v) is 33.3. The van der Waals surface area contributed by atoms with Crippen LogP contribution in [0.3, 0.4) is 0 Å².